The van der Waals surface area contributed by atoms with Crippen molar-refractivity contribution in [2.24, 2.45) is 5.41 Å². The molecule has 29 heavy (non-hydrogen) atoms. The van der Waals surface area contributed by atoms with Crippen LogP contribution in [-0.4, -0.2) is 41.8 Å². The van der Waals surface area contributed by atoms with E-state index < -0.39 is 5.41 Å². The molecular formula is C25H38N2O2. The third-order valence-corrected chi connectivity index (χ3v) is 6.01. The van der Waals surface area contributed by atoms with E-state index in [1.807, 2.05) is 30.9 Å². The van der Waals surface area contributed by atoms with Gasteiger partial charge in [-0.05, 0) is 64.0 Å². The largest absolute Gasteiger partial charge is 0.336 e. The summed E-state index contributed by atoms with van der Waals surface area (Å²) in [5.74, 6) is 0.174. The van der Waals surface area contributed by atoms with E-state index >= 15 is 0 Å². The average Bonchev–Trinajstić information content (AvgIpc) is 3.23. The highest BCUT2D eigenvalue weighted by Gasteiger charge is 2.41. The second kappa shape index (κ2) is 10.7. The van der Waals surface area contributed by atoms with Gasteiger partial charge in [-0.2, -0.15) is 0 Å². The number of carbonyl (C=O) groups is 2. The molecule has 1 saturated heterocycles. The van der Waals surface area contributed by atoms with Crippen molar-refractivity contribution in [1.82, 2.24) is 10.2 Å². The Labute approximate surface area is 176 Å². The molecule has 1 aliphatic rings. The zero-order valence-electron chi connectivity index (χ0n) is 18.5. The summed E-state index contributed by atoms with van der Waals surface area (Å²) < 4.78 is 0. The monoisotopic (exact) mass is 398 g/mol. The molecule has 2 unspecified atom stereocenters. The van der Waals surface area contributed by atoms with E-state index in [0.29, 0.717) is 13.0 Å². The zero-order chi connectivity index (χ0) is 21.3. The maximum Gasteiger partial charge on any atom is 0.240 e. The highest BCUT2D eigenvalue weighted by molar-refractivity contribution is 5.83. The fourth-order valence-corrected chi connectivity index (χ4v) is 4.61. The molecule has 0 aromatic heterocycles. The van der Waals surface area contributed by atoms with Crippen molar-refractivity contribution in [2.75, 3.05) is 13.1 Å². The maximum atomic E-state index is 13.4. The highest BCUT2D eigenvalue weighted by atomic mass is 16.2. The van der Waals surface area contributed by atoms with Crippen LogP contribution in [0.4, 0.5) is 0 Å². The van der Waals surface area contributed by atoms with Gasteiger partial charge in [0.15, 0.2) is 0 Å². The third-order valence-electron chi connectivity index (χ3n) is 6.01. The normalized spacial score (nSPS) is 18.8. The molecule has 0 spiro atoms. The summed E-state index contributed by atoms with van der Waals surface area (Å²) in [4.78, 5) is 27.2. The van der Waals surface area contributed by atoms with E-state index in [1.54, 1.807) is 0 Å². The molecule has 0 radical (unpaired) electrons. The van der Waals surface area contributed by atoms with Crippen LogP contribution in [0.3, 0.4) is 0 Å². The van der Waals surface area contributed by atoms with Gasteiger partial charge >= 0.3 is 0 Å². The van der Waals surface area contributed by atoms with Crippen LogP contribution in [0, 0.1) is 5.41 Å². The van der Waals surface area contributed by atoms with Crippen LogP contribution in [0.5, 0.6) is 0 Å². The summed E-state index contributed by atoms with van der Waals surface area (Å²) >= 11 is 0. The second-order valence-corrected chi connectivity index (χ2v) is 9.34. The number of carbonyl (C=O) groups excluding carboxylic acids is 2. The number of aldehydes is 1. The summed E-state index contributed by atoms with van der Waals surface area (Å²) in [7, 11) is 0. The minimum atomic E-state index is -0.475. The molecule has 0 aliphatic carbocycles. The number of amides is 1. The van der Waals surface area contributed by atoms with Crippen molar-refractivity contribution in [3.8, 4) is 0 Å². The first-order valence-corrected chi connectivity index (χ1v) is 11.0. The van der Waals surface area contributed by atoms with E-state index in [1.165, 1.54) is 5.56 Å². The fraction of sp³-hybridized carbons (Fsp3) is 0.600. The summed E-state index contributed by atoms with van der Waals surface area (Å²) in [5, 5.41) is 3.36. The van der Waals surface area contributed by atoms with Crippen LogP contribution in [0.25, 0.3) is 0 Å². The predicted molar refractivity (Wildman–Crippen MR) is 120 cm³/mol. The first-order chi connectivity index (χ1) is 13.8. The van der Waals surface area contributed by atoms with E-state index in [2.05, 4.69) is 43.1 Å². The van der Waals surface area contributed by atoms with Gasteiger partial charge in [-0.25, -0.2) is 0 Å². The molecule has 1 aromatic carbocycles. The first kappa shape index (κ1) is 23.3. The van der Waals surface area contributed by atoms with Gasteiger partial charge in [-0.15, -0.1) is 6.58 Å². The first-order valence-electron chi connectivity index (χ1n) is 11.0. The van der Waals surface area contributed by atoms with Gasteiger partial charge in [0.2, 0.25) is 5.91 Å². The minimum Gasteiger partial charge on any atom is -0.336 e. The Kier molecular flexibility index (Phi) is 8.63. The van der Waals surface area contributed by atoms with Crippen LogP contribution in [-0.2, 0) is 16.0 Å². The zero-order valence-corrected chi connectivity index (χ0v) is 18.5. The standard InChI is InChI=1S/C25H38N2O2/c1-5-6-18-27(23(29)22-15-11-17-26-22)25(4,19-24(2,3)20-28)16-10-14-21-12-8-7-9-13-21/h5,7-9,12-13,20,22,26H,1,6,10-11,14-19H2,2-4H3. The van der Waals surface area contributed by atoms with Gasteiger partial charge in [-0.1, -0.05) is 50.3 Å². The number of nitrogens with one attached hydrogen (secondary N) is 1. The SMILES string of the molecule is C=CCCN(C(=O)C1CCCN1)C(C)(CCCc1ccccc1)CC(C)(C)C=O. The lowest BCUT2D eigenvalue weighted by Gasteiger charge is -2.46. The molecular weight excluding hydrogens is 360 g/mol. The van der Waals surface area contributed by atoms with Crippen molar-refractivity contribution >= 4 is 12.2 Å². The van der Waals surface area contributed by atoms with Crippen molar-refractivity contribution in [1.29, 1.82) is 0 Å². The van der Waals surface area contributed by atoms with Crippen LogP contribution in [0.2, 0.25) is 0 Å². The van der Waals surface area contributed by atoms with Gasteiger partial charge in [0.1, 0.15) is 6.29 Å². The molecule has 4 heteroatoms. The molecule has 4 nitrogen and oxygen atoms in total. The Balaban J connectivity index is 2.23. The van der Waals surface area contributed by atoms with Crippen molar-refractivity contribution < 1.29 is 9.59 Å². The molecule has 1 fully saturated rings. The van der Waals surface area contributed by atoms with Gasteiger partial charge in [0.25, 0.3) is 0 Å². The van der Waals surface area contributed by atoms with Gasteiger partial charge in [0, 0.05) is 17.5 Å². The fourth-order valence-electron chi connectivity index (χ4n) is 4.61. The van der Waals surface area contributed by atoms with E-state index in [4.69, 9.17) is 0 Å². The number of benzene rings is 1. The summed E-state index contributed by atoms with van der Waals surface area (Å²) in [5.41, 5.74) is 0.465. The summed E-state index contributed by atoms with van der Waals surface area (Å²) in [6.45, 7) is 11.5. The Morgan fingerprint density at radius 3 is 2.59 bits per heavy atom. The van der Waals surface area contributed by atoms with Crippen LogP contribution in [0.1, 0.15) is 64.9 Å². The molecule has 0 bridgehead atoms. The van der Waals surface area contributed by atoms with E-state index in [-0.39, 0.29) is 17.5 Å². The van der Waals surface area contributed by atoms with Crippen molar-refractivity contribution in [3.63, 3.8) is 0 Å². The van der Waals surface area contributed by atoms with Crippen LogP contribution < -0.4 is 5.32 Å². The van der Waals surface area contributed by atoms with Crippen LogP contribution in [0.15, 0.2) is 43.0 Å². The lowest BCUT2D eigenvalue weighted by atomic mass is 9.76. The third kappa shape index (κ3) is 6.81. The number of rotatable bonds is 12. The molecule has 2 rings (SSSR count). The van der Waals surface area contributed by atoms with E-state index in [9.17, 15) is 9.59 Å². The minimum absolute atomic E-state index is 0.104. The molecule has 1 N–H and O–H groups in total. The van der Waals surface area contributed by atoms with Gasteiger partial charge < -0.3 is 15.0 Å². The quantitative estimate of drug-likeness (QED) is 0.415. The molecule has 0 saturated carbocycles. The average molecular weight is 399 g/mol. The number of hydrogen-bond acceptors (Lipinski definition) is 3. The summed E-state index contributed by atoms with van der Waals surface area (Å²) in [6.07, 6.45) is 9.08. The molecule has 1 aliphatic heterocycles. The molecule has 2 atom stereocenters. The maximum absolute atomic E-state index is 13.4. The number of hydrogen-bond donors (Lipinski definition) is 1. The smallest absolute Gasteiger partial charge is 0.240 e. The summed E-state index contributed by atoms with van der Waals surface area (Å²) in [6, 6.07) is 10.4. The van der Waals surface area contributed by atoms with E-state index in [0.717, 1.165) is 51.4 Å². The number of nitrogens with zero attached hydrogens (tertiary/aromatic N) is 1. The molecule has 160 valence electrons. The van der Waals surface area contributed by atoms with Crippen molar-refractivity contribution in [3.05, 3.63) is 48.6 Å². The highest BCUT2D eigenvalue weighted by Crippen LogP contribution is 2.36. The Bertz CT molecular complexity index is 665. The molecule has 1 amide bonds. The lowest BCUT2D eigenvalue weighted by Crippen LogP contribution is -2.56. The Morgan fingerprint density at radius 2 is 2.00 bits per heavy atom. The topological polar surface area (TPSA) is 49.4 Å². The molecule has 1 heterocycles. The van der Waals surface area contributed by atoms with Crippen LogP contribution >= 0.6 is 0 Å². The lowest BCUT2D eigenvalue weighted by molar-refractivity contribution is -0.141. The second-order valence-electron chi connectivity index (χ2n) is 9.34. The Hall–Kier alpha value is -1.94. The predicted octanol–water partition coefficient (Wildman–Crippen LogP) is 4.54. The molecule has 1 aromatic rings. The van der Waals surface area contributed by atoms with Gasteiger partial charge in [-0.3, -0.25) is 4.79 Å². The number of aryl methyl sites for hydroxylation is 1. The van der Waals surface area contributed by atoms with Gasteiger partial charge in [0.05, 0.1) is 6.04 Å². The van der Waals surface area contributed by atoms with Crippen molar-refractivity contribution in [2.45, 2.75) is 77.3 Å². The Morgan fingerprint density at radius 1 is 1.28 bits per heavy atom.